The monoisotopic (exact) mass is 265 g/mol. The lowest BCUT2D eigenvalue weighted by molar-refractivity contribution is 0.191. The number of hydrogen-bond acceptors (Lipinski definition) is 6. The van der Waals surface area contributed by atoms with Gasteiger partial charge in [-0.1, -0.05) is 30.4 Å². The molecular formula is C12H15N3O2S. The van der Waals surface area contributed by atoms with Crippen LogP contribution < -0.4 is 15.2 Å². The summed E-state index contributed by atoms with van der Waals surface area (Å²) in [4.78, 5) is 0. The van der Waals surface area contributed by atoms with E-state index in [-0.39, 0.29) is 6.10 Å². The quantitative estimate of drug-likeness (QED) is 0.900. The molecule has 0 saturated heterocycles. The second-order valence-electron chi connectivity index (χ2n) is 3.64. The fourth-order valence-electron chi connectivity index (χ4n) is 1.55. The number of para-hydroxylation sites is 2. The zero-order valence-corrected chi connectivity index (χ0v) is 11.1. The van der Waals surface area contributed by atoms with E-state index >= 15 is 0 Å². The van der Waals surface area contributed by atoms with E-state index in [1.54, 1.807) is 7.11 Å². The molecule has 0 amide bonds. The summed E-state index contributed by atoms with van der Waals surface area (Å²) < 4.78 is 11.2. The van der Waals surface area contributed by atoms with Gasteiger partial charge in [-0.3, -0.25) is 0 Å². The van der Waals surface area contributed by atoms with Crippen molar-refractivity contribution in [3.63, 3.8) is 0 Å². The zero-order valence-electron chi connectivity index (χ0n) is 10.3. The molecule has 18 heavy (non-hydrogen) atoms. The number of aromatic nitrogens is 2. The maximum Gasteiger partial charge on any atom is 0.203 e. The summed E-state index contributed by atoms with van der Waals surface area (Å²) in [5.74, 6) is 1.40. The maximum absolute atomic E-state index is 5.91. The fourth-order valence-corrected chi connectivity index (χ4v) is 2.28. The first-order chi connectivity index (χ1) is 8.74. The number of nitrogens with zero attached hydrogens (tertiary/aromatic N) is 2. The zero-order chi connectivity index (χ0) is 13.0. The average Bonchev–Trinajstić information content (AvgIpc) is 2.83. The number of methoxy groups -OCH3 is 1. The Bertz CT molecular complexity index is 516. The van der Waals surface area contributed by atoms with Crippen LogP contribution in [0, 0.1) is 0 Å². The molecule has 2 aromatic rings. The van der Waals surface area contributed by atoms with Gasteiger partial charge in [-0.2, -0.15) is 0 Å². The van der Waals surface area contributed by atoms with Crippen molar-refractivity contribution in [2.24, 2.45) is 0 Å². The highest BCUT2D eigenvalue weighted by atomic mass is 32.1. The molecule has 2 N–H and O–H groups in total. The van der Waals surface area contributed by atoms with Crippen LogP contribution >= 0.6 is 11.3 Å². The van der Waals surface area contributed by atoms with Gasteiger partial charge in [0.1, 0.15) is 0 Å². The number of rotatable bonds is 5. The molecule has 1 heterocycles. The van der Waals surface area contributed by atoms with Crippen molar-refractivity contribution in [2.45, 2.75) is 19.4 Å². The Morgan fingerprint density at radius 1 is 1.28 bits per heavy atom. The van der Waals surface area contributed by atoms with Gasteiger partial charge in [0.15, 0.2) is 22.6 Å². The molecule has 0 bridgehead atoms. The van der Waals surface area contributed by atoms with Crippen LogP contribution in [0.1, 0.15) is 24.5 Å². The number of nitrogen functional groups attached to an aromatic ring is 1. The summed E-state index contributed by atoms with van der Waals surface area (Å²) in [6.07, 6.45) is 0.628. The first kappa shape index (κ1) is 12.6. The minimum absolute atomic E-state index is 0.156. The highest BCUT2D eigenvalue weighted by molar-refractivity contribution is 7.15. The van der Waals surface area contributed by atoms with Crippen molar-refractivity contribution in [1.29, 1.82) is 0 Å². The Balaban J connectivity index is 2.20. The highest BCUT2D eigenvalue weighted by Crippen LogP contribution is 2.33. The topological polar surface area (TPSA) is 70.3 Å². The normalized spacial score (nSPS) is 12.1. The van der Waals surface area contributed by atoms with Crippen LogP contribution in [0.5, 0.6) is 11.5 Å². The van der Waals surface area contributed by atoms with Gasteiger partial charge < -0.3 is 15.2 Å². The molecule has 1 aromatic heterocycles. The molecule has 96 valence electrons. The van der Waals surface area contributed by atoms with Crippen LogP contribution in [0.2, 0.25) is 0 Å². The van der Waals surface area contributed by atoms with Gasteiger partial charge in [0.2, 0.25) is 5.13 Å². The van der Waals surface area contributed by atoms with Crippen LogP contribution in [0.3, 0.4) is 0 Å². The number of ether oxygens (including phenoxy) is 2. The summed E-state index contributed by atoms with van der Waals surface area (Å²) in [5, 5.41) is 9.05. The Morgan fingerprint density at radius 3 is 2.56 bits per heavy atom. The van der Waals surface area contributed by atoms with Gasteiger partial charge >= 0.3 is 0 Å². The number of benzene rings is 1. The smallest absolute Gasteiger partial charge is 0.203 e. The first-order valence-electron chi connectivity index (χ1n) is 5.63. The lowest BCUT2D eigenvalue weighted by Crippen LogP contribution is -2.07. The Labute approximate surface area is 110 Å². The van der Waals surface area contributed by atoms with E-state index in [0.717, 1.165) is 11.4 Å². The Hall–Kier alpha value is -1.82. The minimum atomic E-state index is -0.156. The van der Waals surface area contributed by atoms with Crippen LogP contribution in [0.25, 0.3) is 0 Å². The second kappa shape index (κ2) is 5.68. The molecule has 1 aromatic carbocycles. The van der Waals surface area contributed by atoms with Crippen molar-refractivity contribution >= 4 is 16.5 Å². The second-order valence-corrected chi connectivity index (χ2v) is 4.68. The molecule has 6 heteroatoms. The standard InChI is InChI=1S/C12H15N3O2S/c1-3-8(11-14-15-12(13)18-11)17-10-7-5-4-6-9(10)16-2/h4-8H,3H2,1-2H3,(H2,13,15). The van der Waals surface area contributed by atoms with Crippen LogP contribution in [0.15, 0.2) is 24.3 Å². The van der Waals surface area contributed by atoms with Crippen LogP contribution in [-0.4, -0.2) is 17.3 Å². The first-order valence-corrected chi connectivity index (χ1v) is 6.44. The van der Waals surface area contributed by atoms with Crippen molar-refractivity contribution in [2.75, 3.05) is 12.8 Å². The molecule has 0 aliphatic rings. The van der Waals surface area contributed by atoms with Crippen LogP contribution in [0.4, 0.5) is 5.13 Å². The van der Waals surface area contributed by atoms with E-state index in [1.165, 1.54) is 11.3 Å². The molecule has 0 fully saturated rings. The maximum atomic E-state index is 5.91. The molecule has 5 nitrogen and oxygen atoms in total. The molecule has 0 radical (unpaired) electrons. The number of nitrogens with two attached hydrogens (primary N) is 1. The lowest BCUT2D eigenvalue weighted by atomic mass is 10.2. The summed E-state index contributed by atoms with van der Waals surface area (Å²) in [6, 6.07) is 7.52. The minimum Gasteiger partial charge on any atom is -0.493 e. The number of hydrogen-bond donors (Lipinski definition) is 1. The fraction of sp³-hybridized carbons (Fsp3) is 0.333. The summed E-state index contributed by atoms with van der Waals surface area (Å²) >= 11 is 1.34. The summed E-state index contributed by atoms with van der Waals surface area (Å²) in [5.41, 5.74) is 5.59. The van der Waals surface area contributed by atoms with E-state index < -0.39 is 0 Å². The van der Waals surface area contributed by atoms with Gasteiger partial charge in [0, 0.05) is 0 Å². The van der Waals surface area contributed by atoms with E-state index in [4.69, 9.17) is 15.2 Å². The van der Waals surface area contributed by atoms with Crippen molar-refractivity contribution in [3.8, 4) is 11.5 Å². The van der Waals surface area contributed by atoms with Crippen molar-refractivity contribution < 1.29 is 9.47 Å². The van der Waals surface area contributed by atoms with Gasteiger partial charge in [0.25, 0.3) is 0 Å². The lowest BCUT2D eigenvalue weighted by Gasteiger charge is -2.16. The third kappa shape index (κ3) is 2.70. The van der Waals surface area contributed by atoms with Gasteiger partial charge in [-0.05, 0) is 18.6 Å². The largest absolute Gasteiger partial charge is 0.493 e. The third-order valence-electron chi connectivity index (χ3n) is 2.44. The van der Waals surface area contributed by atoms with Gasteiger partial charge in [0.05, 0.1) is 7.11 Å². The molecule has 0 aliphatic heterocycles. The molecule has 0 saturated carbocycles. The van der Waals surface area contributed by atoms with Crippen LogP contribution in [-0.2, 0) is 0 Å². The molecule has 2 rings (SSSR count). The van der Waals surface area contributed by atoms with Gasteiger partial charge in [-0.15, -0.1) is 10.2 Å². The van der Waals surface area contributed by atoms with E-state index in [0.29, 0.717) is 16.6 Å². The van der Waals surface area contributed by atoms with E-state index in [2.05, 4.69) is 10.2 Å². The summed E-state index contributed by atoms with van der Waals surface area (Å²) in [6.45, 7) is 2.03. The van der Waals surface area contributed by atoms with E-state index in [1.807, 2.05) is 31.2 Å². The molecule has 0 aliphatic carbocycles. The molecule has 1 atom stereocenters. The number of anilines is 1. The predicted molar refractivity (Wildman–Crippen MR) is 71.0 cm³/mol. The van der Waals surface area contributed by atoms with Gasteiger partial charge in [-0.25, -0.2) is 0 Å². The SMILES string of the molecule is CCC(Oc1ccccc1OC)c1nnc(N)s1. The molecule has 1 unspecified atom stereocenters. The van der Waals surface area contributed by atoms with Crippen molar-refractivity contribution in [1.82, 2.24) is 10.2 Å². The average molecular weight is 265 g/mol. The predicted octanol–water partition coefficient (Wildman–Crippen LogP) is 2.66. The Kier molecular flexibility index (Phi) is 3.99. The third-order valence-corrected chi connectivity index (χ3v) is 3.29. The van der Waals surface area contributed by atoms with Crippen molar-refractivity contribution in [3.05, 3.63) is 29.3 Å². The summed E-state index contributed by atoms with van der Waals surface area (Å²) in [7, 11) is 1.62. The van der Waals surface area contributed by atoms with E-state index in [9.17, 15) is 0 Å². The molecule has 0 spiro atoms. The highest BCUT2D eigenvalue weighted by Gasteiger charge is 2.17. The molecular weight excluding hydrogens is 250 g/mol. The Morgan fingerprint density at radius 2 is 2.00 bits per heavy atom.